The van der Waals surface area contributed by atoms with Crippen LogP contribution >= 0.6 is 11.6 Å². The number of halogens is 1. The average molecular weight is 590 g/mol. The number of unbranched alkanes of at least 4 members (excludes halogenated alkanes) is 1. The van der Waals surface area contributed by atoms with Crippen LogP contribution in [0.2, 0.25) is 5.02 Å². The van der Waals surface area contributed by atoms with Crippen LogP contribution in [0.15, 0.2) is 48.6 Å². The first-order chi connectivity index (χ1) is 19.0. The molecule has 40 heavy (non-hydrogen) atoms. The number of carbonyl (C=O) groups excluding carboxylic acids is 1. The van der Waals surface area contributed by atoms with Crippen LogP contribution in [0.1, 0.15) is 44.1 Å². The number of hydrogen-bond donors (Lipinski definition) is 8. The zero-order valence-corrected chi connectivity index (χ0v) is 22.8. The summed E-state index contributed by atoms with van der Waals surface area (Å²) >= 11 is 6.00. The molecule has 0 unspecified atom stereocenters. The largest absolute Gasteiger partial charge is 0.393 e. The Hall–Kier alpha value is -1.98. The van der Waals surface area contributed by atoms with Crippen molar-refractivity contribution >= 4 is 17.5 Å². The van der Waals surface area contributed by atoms with Crippen LogP contribution in [-0.2, 0) is 20.9 Å². The number of nitrogens with zero attached hydrogens (tertiary/aromatic N) is 2. The highest BCUT2D eigenvalue weighted by atomic mass is 35.5. The number of aliphatic hydroxyl groups is 3. The molecule has 8 N–H and O–H groups in total. The van der Waals surface area contributed by atoms with Gasteiger partial charge in [-0.25, -0.2) is 9.68 Å². The third-order valence-corrected chi connectivity index (χ3v) is 6.82. The molecule has 226 valence electrons. The molecule has 0 radical (unpaired) electrons. The molecule has 1 aromatic carbocycles. The van der Waals surface area contributed by atoms with Crippen LogP contribution in [0.3, 0.4) is 0 Å². The number of benzene rings is 1. The van der Waals surface area contributed by atoms with Gasteiger partial charge in [0.1, 0.15) is 0 Å². The van der Waals surface area contributed by atoms with Gasteiger partial charge < -0.3 is 20.6 Å². The SMILES string of the molecule is O=C(CCC/C=C\C[C@@H]1[C@@H](/C=C/[C@@H](O)CCc2cccc(Cl)c2)[C@H](O)C[C@@H]1O)NC(CON(O)O)CON(O)O. The number of carbonyl (C=O) groups is 1. The summed E-state index contributed by atoms with van der Waals surface area (Å²) < 4.78 is 0. The van der Waals surface area contributed by atoms with Crippen LogP contribution in [-0.4, -0.2) is 90.4 Å². The van der Waals surface area contributed by atoms with E-state index in [4.69, 9.17) is 32.4 Å². The van der Waals surface area contributed by atoms with Crippen LogP contribution in [0, 0.1) is 11.8 Å². The Morgan fingerprint density at radius 2 is 1.80 bits per heavy atom. The van der Waals surface area contributed by atoms with E-state index >= 15 is 0 Å². The molecule has 1 fully saturated rings. The lowest BCUT2D eigenvalue weighted by Gasteiger charge is -2.20. The topological polar surface area (TPSA) is 196 Å². The fourth-order valence-corrected chi connectivity index (χ4v) is 4.78. The molecule has 0 spiro atoms. The van der Waals surface area contributed by atoms with Crippen molar-refractivity contribution in [2.75, 3.05) is 13.2 Å². The fourth-order valence-electron chi connectivity index (χ4n) is 4.56. The lowest BCUT2D eigenvalue weighted by molar-refractivity contribution is -0.502. The maximum atomic E-state index is 12.2. The van der Waals surface area contributed by atoms with E-state index in [0.29, 0.717) is 37.1 Å². The van der Waals surface area contributed by atoms with Crippen molar-refractivity contribution in [3.05, 3.63) is 59.2 Å². The summed E-state index contributed by atoms with van der Waals surface area (Å²) in [4.78, 5) is 21.0. The van der Waals surface area contributed by atoms with Gasteiger partial charge in [-0.1, -0.05) is 48.0 Å². The van der Waals surface area contributed by atoms with Crippen molar-refractivity contribution in [1.29, 1.82) is 0 Å². The first-order valence-corrected chi connectivity index (χ1v) is 13.5. The lowest BCUT2D eigenvalue weighted by atomic mass is 9.89. The van der Waals surface area contributed by atoms with Crippen LogP contribution in [0.25, 0.3) is 0 Å². The standard InChI is InChI=1S/C26H40ClN3O10/c27-19-7-5-6-18(14-19)10-11-21(31)12-13-23-22(24(32)15-25(23)33)8-3-1-2-4-9-26(34)28-20(16-39-29(35)36)17-40-30(37)38/h1,3,5-7,12-14,20-25,31-33,35-38H,2,4,8-11,15-17H2,(H,28,34)/b3-1-,13-12+/t21-,22+,23+,24-,25+/m0/s1. The molecule has 0 heterocycles. The molecule has 0 bridgehead atoms. The Balaban J connectivity index is 1.75. The number of aliphatic hydroxyl groups excluding tert-OH is 3. The minimum Gasteiger partial charge on any atom is -0.393 e. The van der Waals surface area contributed by atoms with E-state index in [2.05, 4.69) is 15.0 Å². The van der Waals surface area contributed by atoms with E-state index in [-0.39, 0.29) is 30.6 Å². The van der Waals surface area contributed by atoms with Gasteiger partial charge in [0, 0.05) is 23.8 Å². The quantitative estimate of drug-likeness (QED) is 0.0707. The van der Waals surface area contributed by atoms with Crippen LogP contribution in [0.4, 0.5) is 0 Å². The minimum absolute atomic E-state index is 0.133. The van der Waals surface area contributed by atoms with Gasteiger partial charge in [0.15, 0.2) is 0 Å². The zero-order chi connectivity index (χ0) is 29.5. The fraction of sp³-hybridized carbons (Fsp3) is 0.577. The second-order valence-corrected chi connectivity index (χ2v) is 10.1. The molecule has 14 heteroatoms. The van der Waals surface area contributed by atoms with Crippen molar-refractivity contribution in [1.82, 2.24) is 16.1 Å². The van der Waals surface area contributed by atoms with Crippen molar-refractivity contribution in [3.63, 3.8) is 0 Å². The second-order valence-electron chi connectivity index (χ2n) is 9.69. The van der Waals surface area contributed by atoms with E-state index in [1.165, 1.54) is 0 Å². The van der Waals surface area contributed by atoms with Gasteiger partial charge in [0.25, 0.3) is 0 Å². The van der Waals surface area contributed by atoms with E-state index in [1.807, 2.05) is 30.4 Å². The summed E-state index contributed by atoms with van der Waals surface area (Å²) in [5.41, 5.74) is 1.03. The molecule has 1 aliphatic rings. The summed E-state index contributed by atoms with van der Waals surface area (Å²) in [5, 5.41) is 67.9. The molecular weight excluding hydrogens is 550 g/mol. The first-order valence-electron chi connectivity index (χ1n) is 13.1. The molecule has 0 aliphatic heterocycles. The zero-order valence-electron chi connectivity index (χ0n) is 22.1. The van der Waals surface area contributed by atoms with Crippen LogP contribution < -0.4 is 5.32 Å². The predicted octanol–water partition coefficient (Wildman–Crippen LogP) is 2.17. The van der Waals surface area contributed by atoms with Gasteiger partial charge in [-0.15, -0.1) is 0 Å². The molecule has 5 atom stereocenters. The summed E-state index contributed by atoms with van der Waals surface area (Å²) in [6.45, 7) is -0.812. The number of allylic oxidation sites excluding steroid dienone is 2. The third-order valence-electron chi connectivity index (χ3n) is 6.59. The first kappa shape index (κ1) is 34.2. The Morgan fingerprint density at radius 1 is 1.10 bits per heavy atom. The smallest absolute Gasteiger partial charge is 0.220 e. The monoisotopic (exact) mass is 589 g/mol. The number of hydrogen-bond acceptors (Lipinski definition) is 12. The van der Waals surface area contributed by atoms with Crippen molar-refractivity contribution in [2.24, 2.45) is 11.8 Å². The van der Waals surface area contributed by atoms with Gasteiger partial charge in [0.2, 0.25) is 5.91 Å². The van der Waals surface area contributed by atoms with Gasteiger partial charge in [-0.05, 0) is 55.7 Å². The molecule has 1 amide bonds. The molecule has 1 aliphatic carbocycles. The number of aryl methyl sites for hydroxylation is 1. The van der Waals surface area contributed by atoms with Gasteiger partial charge in [0.05, 0.1) is 48.3 Å². The Morgan fingerprint density at radius 3 is 2.45 bits per heavy atom. The maximum Gasteiger partial charge on any atom is 0.220 e. The maximum absolute atomic E-state index is 12.2. The Labute approximate surface area is 237 Å². The van der Waals surface area contributed by atoms with E-state index < -0.39 is 48.3 Å². The number of amides is 1. The minimum atomic E-state index is -0.901. The van der Waals surface area contributed by atoms with E-state index in [0.717, 1.165) is 5.56 Å². The average Bonchev–Trinajstić information content (AvgIpc) is 3.16. The van der Waals surface area contributed by atoms with Crippen molar-refractivity contribution in [3.8, 4) is 0 Å². The van der Waals surface area contributed by atoms with Gasteiger partial charge >= 0.3 is 0 Å². The highest BCUT2D eigenvalue weighted by Crippen LogP contribution is 2.36. The summed E-state index contributed by atoms with van der Waals surface area (Å²) in [5.74, 6) is -0.888. The number of nitrogens with one attached hydrogen (secondary N) is 1. The second kappa shape index (κ2) is 18.5. The normalized spacial score (nSPS) is 22.4. The van der Waals surface area contributed by atoms with E-state index in [9.17, 15) is 20.1 Å². The summed E-state index contributed by atoms with van der Waals surface area (Å²) in [6.07, 6.45) is 8.31. The molecule has 0 aromatic heterocycles. The third kappa shape index (κ3) is 13.6. The molecule has 13 nitrogen and oxygen atoms in total. The highest BCUT2D eigenvalue weighted by Gasteiger charge is 2.39. The predicted molar refractivity (Wildman–Crippen MR) is 141 cm³/mol. The lowest BCUT2D eigenvalue weighted by Crippen LogP contribution is -2.43. The molecule has 0 saturated heterocycles. The van der Waals surface area contributed by atoms with Crippen LogP contribution in [0.5, 0.6) is 0 Å². The Kier molecular flexibility index (Phi) is 15.8. The van der Waals surface area contributed by atoms with Gasteiger partial charge in [-0.3, -0.25) is 25.6 Å². The van der Waals surface area contributed by atoms with Crippen molar-refractivity contribution in [2.45, 2.75) is 69.3 Å². The molecule has 1 saturated carbocycles. The summed E-state index contributed by atoms with van der Waals surface area (Å²) in [7, 11) is 0. The highest BCUT2D eigenvalue weighted by molar-refractivity contribution is 6.30. The van der Waals surface area contributed by atoms with E-state index in [1.54, 1.807) is 18.2 Å². The number of rotatable bonds is 18. The Bertz CT molecular complexity index is 924. The summed E-state index contributed by atoms with van der Waals surface area (Å²) in [6, 6.07) is 6.56. The van der Waals surface area contributed by atoms with Gasteiger partial charge in [-0.2, -0.15) is 0 Å². The van der Waals surface area contributed by atoms with Crippen molar-refractivity contribution < 1.29 is 50.6 Å². The molecule has 1 aromatic rings. The molecule has 2 rings (SSSR count). The molecular formula is C26H40ClN3O10.